The van der Waals surface area contributed by atoms with Gasteiger partial charge in [-0.3, -0.25) is 0 Å². The molecule has 0 amide bonds. The monoisotopic (exact) mass is 193 g/mol. The second kappa shape index (κ2) is 5.48. The molecular weight excluding hydrogens is 169 g/mol. The second-order valence-corrected chi connectivity index (χ2v) is 4.99. The number of hydrogen-bond donors (Lipinski definition) is 0. The van der Waals surface area contributed by atoms with E-state index in [1.807, 2.05) is 0 Å². The zero-order chi connectivity index (χ0) is 10.6. The average Bonchev–Trinajstić information content (AvgIpc) is 2.07. The van der Waals surface area contributed by atoms with Crippen molar-refractivity contribution in [1.82, 2.24) is 4.90 Å². The molecule has 0 spiro atoms. The first-order valence-electron chi connectivity index (χ1n) is 6.08. The van der Waals surface area contributed by atoms with Gasteiger partial charge in [0.15, 0.2) is 0 Å². The van der Waals surface area contributed by atoms with Crippen molar-refractivity contribution >= 4 is 7.85 Å². The van der Waals surface area contributed by atoms with Crippen LogP contribution in [-0.4, -0.2) is 25.2 Å². The molecule has 1 nitrogen and oxygen atoms in total. The molecule has 0 N–H and O–H groups in total. The van der Waals surface area contributed by atoms with Gasteiger partial charge in [-0.2, -0.15) is 0 Å². The molecule has 0 radical (unpaired) electrons. The topological polar surface area (TPSA) is 3.24 Å². The van der Waals surface area contributed by atoms with Crippen LogP contribution in [0.25, 0.3) is 0 Å². The van der Waals surface area contributed by atoms with Crippen molar-refractivity contribution in [2.45, 2.75) is 52.4 Å². The highest BCUT2D eigenvalue weighted by Crippen LogP contribution is 2.26. The molecule has 1 atom stereocenters. The maximum absolute atomic E-state index is 2.54. The lowest BCUT2D eigenvalue weighted by atomic mass is 9.89. The molecule has 0 aliphatic heterocycles. The SMILES string of the molecule is BC(CC)N(C=C1CCC1)CC(C)C. The first-order valence-corrected chi connectivity index (χ1v) is 6.08. The first kappa shape index (κ1) is 11.7. The predicted octanol–water partition coefficient (Wildman–Crippen LogP) is 2.38. The van der Waals surface area contributed by atoms with E-state index in [2.05, 4.69) is 39.7 Å². The van der Waals surface area contributed by atoms with Gasteiger partial charge in [-0.1, -0.05) is 26.3 Å². The van der Waals surface area contributed by atoms with E-state index in [1.165, 1.54) is 32.2 Å². The normalized spacial score (nSPS) is 17.9. The van der Waals surface area contributed by atoms with Crippen molar-refractivity contribution in [2.24, 2.45) is 5.92 Å². The zero-order valence-electron chi connectivity index (χ0n) is 10.2. The van der Waals surface area contributed by atoms with E-state index in [4.69, 9.17) is 0 Å². The van der Waals surface area contributed by atoms with E-state index in [9.17, 15) is 0 Å². The molecule has 0 heterocycles. The quantitative estimate of drug-likeness (QED) is 0.606. The number of hydrogen-bond acceptors (Lipinski definition) is 1. The van der Waals surface area contributed by atoms with Crippen LogP contribution in [0.4, 0.5) is 0 Å². The molecule has 80 valence electrons. The van der Waals surface area contributed by atoms with Gasteiger partial charge in [-0.15, -0.1) is 0 Å². The first-order chi connectivity index (χ1) is 6.63. The van der Waals surface area contributed by atoms with Gasteiger partial charge in [-0.05, 0) is 43.7 Å². The third kappa shape index (κ3) is 3.40. The van der Waals surface area contributed by atoms with Gasteiger partial charge in [0.05, 0.1) is 0 Å². The summed E-state index contributed by atoms with van der Waals surface area (Å²) in [5.41, 5.74) is 1.66. The lowest BCUT2D eigenvalue weighted by Gasteiger charge is -2.32. The summed E-state index contributed by atoms with van der Waals surface area (Å²) in [5, 5.41) is 0. The highest BCUT2D eigenvalue weighted by atomic mass is 15.1. The molecule has 14 heavy (non-hydrogen) atoms. The number of rotatable bonds is 5. The molecule has 1 aliphatic rings. The Balaban J connectivity index is 2.51. The Hall–Kier alpha value is -0.395. The summed E-state index contributed by atoms with van der Waals surface area (Å²) in [6.07, 6.45) is 7.76. The smallest absolute Gasteiger partial charge is 0.130 e. The fraction of sp³-hybridized carbons (Fsp3) is 0.833. The molecule has 2 heteroatoms. The van der Waals surface area contributed by atoms with E-state index < -0.39 is 0 Å². The summed E-state index contributed by atoms with van der Waals surface area (Å²) in [5.74, 6) is 1.46. The number of allylic oxidation sites excluding steroid dienone is 1. The standard InChI is InChI=1S/C12H24BN/c1-4-12(13)14(8-10(2)3)9-11-6-5-7-11/h9-10,12H,4-8,13H2,1-3H3. The molecule has 0 aromatic heterocycles. The minimum atomic E-state index is 0.700. The molecule has 1 rings (SSSR count). The van der Waals surface area contributed by atoms with Gasteiger partial charge in [0.25, 0.3) is 0 Å². The minimum absolute atomic E-state index is 0.700. The molecule has 0 saturated heterocycles. The maximum Gasteiger partial charge on any atom is 0.130 e. The second-order valence-electron chi connectivity index (χ2n) is 4.99. The molecular formula is C12H24BN. The van der Waals surface area contributed by atoms with Gasteiger partial charge in [-0.25, -0.2) is 0 Å². The molecule has 0 bridgehead atoms. The zero-order valence-corrected chi connectivity index (χ0v) is 10.2. The van der Waals surface area contributed by atoms with Crippen LogP contribution in [0.1, 0.15) is 46.5 Å². The van der Waals surface area contributed by atoms with E-state index in [0.29, 0.717) is 5.94 Å². The van der Waals surface area contributed by atoms with Crippen molar-refractivity contribution < 1.29 is 0 Å². The lowest BCUT2D eigenvalue weighted by Crippen LogP contribution is -2.34. The van der Waals surface area contributed by atoms with E-state index in [0.717, 1.165) is 5.92 Å². The van der Waals surface area contributed by atoms with Crippen molar-refractivity contribution in [2.75, 3.05) is 6.54 Å². The van der Waals surface area contributed by atoms with Crippen LogP contribution >= 0.6 is 0 Å². The fourth-order valence-electron chi connectivity index (χ4n) is 1.76. The largest absolute Gasteiger partial charge is 0.382 e. The Morgan fingerprint density at radius 2 is 2.07 bits per heavy atom. The van der Waals surface area contributed by atoms with Crippen molar-refractivity contribution in [3.8, 4) is 0 Å². The van der Waals surface area contributed by atoms with Crippen molar-refractivity contribution in [3.05, 3.63) is 11.8 Å². The van der Waals surface area contributed by atoms with Crippen LogP contribution in [0.15, 0.2) is 11.8 Å². The lowest BCUT2D eigenvalue weighted by molar-refractivity contribution is 0.296. The van der Waals surface area contributed by atoms with Crippen LogP contribution in [0, 0.1) is 5.92 Å². The van der Waals surface area contributed by atoms with Crippen molar-refractivity contribution in [3.63, 3.8) is 0 Å². The van der Waals surface area contributed by atoms with E-state index in [-0.39, 0.29) is 0 Å². The fourth-order valence-corrected chi connectivity index (χ4v) is 1.76. The van der Waals surface area contributed by atoms with Crippen molar-refractivity contribution in [1.29, 1.82) is 0 Å². The van der Waals surface area contributed by atoms with Crippen LogP contribution in [0.3, 0.4) is 0 Å². The third-order valence-corrected chi connectivity index (χ3v) is 3.08. The molecule has 1 aliphatic carbocycles. The third-order valence-electron chi connectivity index (χ3n) is 3.08. The van der Waals surface area contributed by atoms with Crippen LogP contribution in [0.2, 0.25) is 0 Å². The Kier molecular flexibility index (Phi) is 4.57. The van der Waals surface area contributed by atoms with Crippen LogP contribution in [0.5, 0.6) is 0 Å². The van der Waals surface area contributed by atoms with Gasteiger partial charge in [0.2, 0.25) is 0 Å². The van der Waals surface area contributed by atoms with E-state index in [1.54, 1.807) is 5.57 Å². The van der Waals surface area contributed by atoms with Crippen LogP contribution < -0.4 is 0 Å². The maximum atomic E-state index is 2.54. The molecule has 1 fully saturated rings. The Morgan fingerprint density at radius 1 is 1.43 bits per heavy atom. The van der Waals surface area contributed by atoms with Gasteiger partial charge >= 0.3 is 0 Å². The molecule has 0 aromatic rings. The highest BCUT2D eigenvalue weighted by molar-refractivity contribution is 6.11. The molecule has 1 unspecified atom stereocenters. The van der Waals surface area contributed by atoms with Gasteiger partial charge < -0.3 is 4.90 Å². The Labute approximate surface area is 90.0 Å². The molecule has 1 saturated carbocycles. The summed E-state index contributed by atoms with van der Waals surface area (Å²) in [4.78, 5) is 2.54. The average molecular weight is 193 g/mol. The van der Waals surface area contributed by atoms with Gasteiger partial charge in [0, 0.05) is 6.54 Å². The minimum Gasteiger partial charge on any atom is -0.382 e. The summed E-state index contributed by atoms with van der Waals surface area (Å²) in [7, 11) is 2.33. The van der Waals surface area contributed by atoms with Gasteiger partial charge in [0.1, 0.15) is 7.85 Å². The van der Waals surface area contributed by atoms with Crippen LogP contribution in [-0.2, 0) is 0 Å². The summed E-state index contributed by atoms with van der Waals surface area (Å²) in [6, 6.07) is 0. The Morgan fingerprint density at radius 3 is 2.43 bits per heavy atom. The summed E-state index contributed by atoms with van der Waals surface area (Å²) >= 11 is 0. The number of nitrogens with zero attached hydrogens (tertiary/aromatic N) is 1. The highest BCUT2D eigenvalue weighted by Gasteiger charge is 2.14. The summed E-state index contributed by atoms with van der Waals surface area (Å²) in [6.45, 7) is 8.08. The Bertz CT molecular complexity index is 192. The van der Waals surface area contributed by atoms with E-state index >= 15 is 0 Å². The molecule has 0 aromatic carbocycles. The summed E-state index contributed by atoms with van der Waals surface area (Å²) < 4.78 is 0. The predicted molar refractivity (Wildman–Crippen MR) is 66.1 cm³/mol.